The van der Waals surface area contributed by atoms with Crippen LogP contribution in [0.25, 0.3) is 5.65 Å². The Morgan fingerprint density at radius 3 is 3.27 bits per heavy atom. The highest BCUT2D eigenvalue weighted by Gasteiger charge is 1.93. The van der Waals surface area contributed by atoms with Crippen molar-refractivity contribution in [3.63, 3.8) is 0 Å². The summed E-state index contributed by atoms with van der Waals surface area (Å²) in [6, 6.07) is 1.90. The zero-order valence-electron chi connectivity index (χ0n) is 6.15. The highest BCUT2D eigenvalue weighted by Crippen LogP contribution is 2.03. The molecule has 0 amide bonds. The van der Waals surface area contributed by atoms with Crippen LogP contribution in [0, 0.1) is 0 Å². The quantitative estimate of drug-likeness (QED) is 0.649. The van der Waals surface area contributed by atoms with Crippen molar-refractivity contribution >= 4 is 11.5 Å². The smallest absolute Gasteiger partial charge is 0.158 e. The molecule has 4 heteroatoms. The first-order valence-corrected chi connectivity index (χ1v) is 3.36. The second-order valence-corrected chi connectivity index (χ2v) is 2.22. The summed E-state index contributed by atoms with van der Waals surface area (Å²) in [5, 5.41) is 2.96. The van der Waals surface area contributed by atoms with Gasteiger partial charge in [0.25, 0.3) is 0 Å². The predicted octanol–water partition coefficient (Wildman–Crippen LogP) is 0.771. The molecule has 0 radical (unpaired) electrons. The van der Waals surface area contributed by atoms with Crippen molar-refractivity contribution in [2.24, 2.45) is 0 Å². The number of rotatable bonds is 1. The molecule has 0 aromatic carbocycles. The molecule has 2 aromatic heterocycles. The van der Waals surface area contributed by atoms with E-state index in [1.54, 1.807) is 12.5 Å². The minimum atomic E-state index is 0.858. The number of anilines is 1. The molecule has 2 rings (SSSR count). The van der Waals surface area contributed by atoms with Gasteiger partial charge in [-0.2, -0.15) is 0 Å². The van der Waals surface area contributed by atoms with E-state index in [0.717, 1.165) is 11.5 Å². The normalized spacial score (nSPS) is 10.3. The van der Waals surface area contributed by atoms with Gasteiger partial charge in [-0.15, -0.1) is 0 Å². The van der Waals surface area contributed by atoms with Crippen molar-refractivity contribution in [1.29, 1.82) is 0 Å². The Labute approximate surface area is 63.9 Å². The number of fused-ring (bicyclic) bond motifs is 1. The molecule has 4 nitrogen and oxygen atoms in total. The molecule has 0 aliphatic rings. The van der Waals surface area contributed by atoms with E-state index in [9.17, 15) is 0 Å². The fraction of sp³-hybridized carbons (Fsp3) is 0.143. The lowest BCUT2D eigenvalue weighted by Gasteiger charge is -1.97. The summed E-state index contributed by atoms with van der Waals surface area (Å²) in [5.74, 6) is 0.859. The van der Waals surface area contributed by atoms with E-state index in [2.05, 4.69) is 15.3 Å². The van der Waals surface area contributed by atoms with Crippen LogP contribution in [-0.4, -0.2) is 21.4 Å². The summed E-state index contributed by atoms with van der Waals surface area (Å²) in [4.78, 5) is 8.19. The van der Waals surface area contributed by atoms with Crippen molar-refractivity contribution in [2.75, 3.05) is 12.4 Å². The molecule has 0 fully saturated rings. The molecule has 2 heterocycles. The van der Waals surface area contributed by atoms with Gasteiger partial charge in [0.05, 0.1) is 6.20 Å². The van der Waals surface area contributed by atoms with E-state index >= 15 is 0 Å². The van der Waals surface area contributed by atoms with Gasteiger partial charge in [-0.25, -0.2) is 9.97 Å². The molecular formula is C7H8N4. The Kier molecular flexibility index (Phi) is 1.25. The van der Waals surface area contributed by atoms with Gasteiger partial charge in [-0.3, -0.25) is 4.40 Å². The van der Waals surface area contributed by atoms with E-state index in [-0.39, 0.29) is 0 Å². The Morgan fingerprint density at radius 1 is 1.55 bits per heavy atom. The second kappa shape index (κ2) is 2.23. The molecule has 0 bridgehead atoms. The molecule has 0 unspecified atom stereocenters. The van der Waals surface area contributed by atoms with Gasteiger partial charge in [0.1, 0.15) is 12.1 Å². The van der Waals surface area contributed by atoms with Crippen LogP contribution < -0.4 is 5.32 Å². The number of imidazole rings is 1. The lowest BCUT2D eigenvalue weighted by Crippen LogP contribution is -1.93. The van der Waals surface area contributed by atoms with Crippen molar-refractivity contribution in [2.45, 2.75) is 0 Å². The summed E-state index contributed by atoms with van der Waals surface area (Å²) in [6.07, 6.45) is 5.36. The average Bonchev–Trinajstić information content (AvgIpc) is 2.50. The van der Waals surface area contributed by atoms with E-state index in [1.807, 2.05) is 23.7 Å². The standard InChI is InChI=1S/C7H8N4/c1-8-6-2-3-11-5-9-4-7(11)10-6/h2-5H,1H3,(H,8,10). The lowest BCUT2D eigenvalue weighted by molar-refractivity contribution is 1.11. The number of nitrogens with one attached hydrogen (secondary N) is 1. The van der Waals surface area contributed by atoms with Crippen LogP contribution in [0.15, 0.2) is 24.8 Å². The largest absolute Gasteiger partial charge is 0.373 e. The number of nitrogens with zero attached hydrogens (tertiary/aromatic N) is 3. The van der Waals surface area contributed by atoms with Gasteiger partial charge in [0, 0.05) is 13.2 Å². The van der Waals surface area contributed by atoms with Gasteiger partial charge in [-0.1, -0.05) is 0 Å². The summed E-state index contributed by atoms with van der Waals surface area (Å²) >= 11 is 0. The highest BCUT2D eigenvalue weighted by atomic mass is 15.1. The highest BCUT2D eigenvalue weighted by molar-refractivity contribution is 5.44. The fourth-order valence-corrected chi connectivity index (χ4v) is 0.950. The van der Waals surface area contributed by atoms with Gasteiger partial charge >= 0.3 is 0 Å². The number of aromatic nitrogens is 3. The third kappa shape index (κ3) is 0.920. The average molecular weight is 148 g/mol. The van der Waals surface area contributed by atoms with E-state index in [1.165, 1.54) is 0 Å². The first kappa shape index (κ1) is 6.15. The van der Waals surface area contributed by atoms with E-state index in [0.29, 0.717) is 0 Å². The Bertz CT molecular complexity index is 365. The van der Waals surface area contributed by atoms with Crippen molar-refractivity contribution in [1.82, 2.24) is 14.4 Å². The van der Waals surface area contributed by atoms with Gasteiger partial charge in [-0.05, 0) is 6.07 Å². The van der Waals surface area contributed by atoms with Crippen molar-refractivity contribution in [3.05, 3.63) is 24.8 Å². The summed E-state index contributed by atoms with van der Waals surface area (Å²) in [7, 11) is 1.84. The van der Waals surface area contributed by atoms with Crippen molar-refractivity contribution in [3.8, 4) is 0 Å². The summed E-state index contributed by atoms with van der Waals surface area (Å²) in [6.45, 7) is 0. The number of hydrogen-bond acceptors (Lipinski definition) is 3. The zero-order chi connectivity index (χ0) is 7.68. The monoisotopic (exact) mass is 148 g/mol. The van der Waals surface area contributed by atoms with Gasteiger partial charge in [0.2, 0.25) is 0 Å². The maximum atomic E-state index is 4.24. The fourth-order valence-electron chi connectivity index (χ4n) is 0.950. The zero-order valence-corrected chi connectivity index (χ0v) is 6.15. The molecule has 0 spiro atoms. The molecule has 1 N–H and O–H groups in total. The molecule has 0 atom stereocenters. The SMILES string of the molecule is CNc1ccn2cncc2n1. The van der Waals surface area contributed by atoms with Crippen LogP contribution in [-0.2, 0) is 0 Å². The van der Waals surface area contributed by atoms with E-state index < -0.39 is 0 Å². The van der Waals surface area contributed by atoms with Crippen LogP contribution >= 0.6 is 0 Å². The summed E-state index contributed by atoms with van der Waals surface area (Å²) < 4.78 is 1.86. The van der Waals surface area contributed by atoms with Crippen LogP contribution in [0.3, 0.4) is 0 Å². The minimum absolute atomic E-state index is 0.858. The second-order valence-electron chi connectivity index (χ2n) is 2.22. The van der Waals surface area contributed by atoms with Crippen molar-refractivity contribution < 1.29 is 0 Å². The maximum absolute atomic E-state index is 4.24. The molecule has 0 aliphatic carbocycles. The third-order valence-electron chi connectivity index (χ3n) is 1.53. The van der Waals surface area contributed by atoms with Crippen LogP contribution in [0.4, 0.5) is 5.82 Å². The van der Waals surface area contributed by atoms with Crippen LogP contribution in [0.5, 0.6) is 0 Å². The Balaban J connectivity index is 2.67. The molecular weight excluding hydrogens is 140 g/mol. The Hall–Kier alpha value is -1.58. The summed E-state index contributed by atoms with van der Waals surface area (Å²) in [5.41, 5.74) is 0.858. The maximum Gasteiger partial charge on any atom is 0.158 e. The predicted molar refractivity (Wildman–Crippen MR) is 42.5 cm³/mol. The van der Waals surface area contributed by atoms with E-state index in [4.69, 9.17) is 0 Å². The lowest BCUT2D eigenvalue weighted by atomic mass is 10.5. The minimum Gasteiger partial charge on any atom is -0.373 e. The molecule has 0 saturated heterocycles. The molecule has 2 aromatic rings. The van der Waals surface area contributed by atoms with Crippen LogP contribution in [0.1, 0.15) is 0 Å². The topological polar surface area (TPSA) is 42.2 Å². The third-order valence-corrected chi connectivity index (χ3v) is 1.53. The Morgan fingerprint density at radius 2 is 2.45 bits per heavy atom. The first-order valence-electron chi connectivity index (χ1n) is 3.36. The molecule has 0 aliphatic heterocycles. The first-order chi connectivity index (χ1) is 5.40. The van der Waals surface area contributed by atoms with Gasteiger partial charge in [0.15, 0.2) is 5.65 Å². The molecule has 56 valence electrons. The molecule has 11 heavy (non-hydrogen) atoms. The number of hydrogen-bond donors (Lipinski definition) is 1. The van der Waals surface area contributed by atoms with Gasteiger partial charge < -0.3 is 5.32 Å². The van der Waals surface area contributed by atoms with Crippen LogP contribution in [0.2, 0.25) is 0 Å². The molecule has 0 saturated carbocycles.